The third-order valence-corrected chi connectivity index (χ3v) is 4.01. The van der Waals surface area contributed by atoms with Crippen molar-refractivity contribution < 1.29 is 18.1 Å². The maximum absolute atomic E-state index is 9.88. The van der Waals surface area contributed by atoms with Crippen molar-refractivity contribution in [3.63, 3.8) is 0 Å². The van der Waals surface area contributed by atoms with Crippen LogP contribution in [0.25, 0.3) is 0 Å². The van der Waals surface area contributed by atoms with Gasteiger partial charge in [0, 0.05) is 19.8 Å². The van der Waals surface area contributed by atoms with Crippen LogP contribution in [0.5, 0.6) is 0 Å². The number of aliphatic imine (C=N–C) groups is 1. The number of isocyanates is 1. The van der Waals surface area contributed by atoms with Crippen molar-refractivity contribution in [2.24, 2.45) is 4.99 Å². The van der Waals surface area contributed by atoms with Gasteiger partial charge in [0.15, 0.2) is 0 Å². The zero-order valence-electron chi connectivity index (χ0n) is 12.2. The maximum atomic E-state index is 9.88. The molecule has 0 aromatic carbocycles. The summed E-state index contributed by atoms with van der Waals surface area (Å²) in [5, 5.41) is 0. The lowest BCUT2D eigenvalue weighted by Crippen LogP contribution is -2.28. The number of hydrogen-bond donors (Lipinski definition) is 0. The molecule has 0 spiro atoms. The lowest BCUT2D eigenvalue weighted by molar-refractivity contribution is 0.0897. The van der Waals surface area contributed by atoms with Gasteiger partial charge in [-0.05, 0) is 25.7 Å². The van der Waals surface area contributed by atoms with Gasteiger partial charge in [0.1, 0.15) is 0 Å². The van der Waals surface area contributed by atoms with Crippen LogP contribution in [0.15, 0.2) is 4.99 Å². The Bertz CT molecular complexity index is 225. The number of hydrogen-bond acceptors (Lipinski definition) is 5. The highest BCUT2D eigenvalue weighted by molar-refractivity contribution is 6.36. The highest BCUT2D eigenvalue weighted by atomic mass is 28.3. The van der Waals surface area contributed by atoms with E-state index in [2.05, 4.69) is 18.8 Å². The van der Waals surface area contributed by atoms with Gasteiger partial charge in [-0.3, -0.25) is 0 Å². The van der Waals surface area contributed by atoms with Crippen LogP contribution in [0.4, 0.5) is 0 Å². The molecule has 0 aliphatic carbocycles. The third-order valence-electron chi connectivity index (χ3n) is 2.49. The Morgan fingerprint density at radius 3 is 1.89 bits per heavy atom. The van der Waals surface area contributed by atoms with Crippen LogP contribution in [-0.4, -0.2) is 42.0 Å². The molecule has 0 atom stereocenters. The second-order valence-electron chi connectivity index (χ2n) is 4.29. The van der Waals surface area contributed by atoms with Gasteiger partial charge in [-0.25, -0.2) is 9.79 Å². The second-order valence-corrected chi connectivity index (χ2v) is 5.87. The SMILES string of the molecule is CCCCO[SiH](OCCCC)OCCCCN=C=O. The fourth-order valence-electron chi connectivity index (χ4n) is 1.31. The van der Waals surface area contributed by atoms with E-state index in [1.54, 1.807) is 0 Å². The number of unbranched alkanes of at least 4 members (excludes halogenated alkanes) is 3. The van der Waals surface area contributed by atoms with Crippen LogP contribution in [-0.2, 0) is 18.1 Å². The van der Waals surface area contributed by atoms with Crippen molar-refractivity contribution in [3.8, 4) is 0 Å². The Balaban J connectivity index is 3.66. The highest BCUT2D eigenvalue weighted by Crippen LogP contribution is 2.01. The van der Waals surface area contributed by atoms with Crippen molar-refractivity contribution in [1.29, 1.82) is 0 Å². The van der Waals surface area contributed by atoms with Crippen molar-refractivity contribution in [3.05, 3.63) is 0 Å². The first-order valence-corrected chi connectivity index (χ1v) is 8.65. The fourth-order valence-corrected chi connectivity index (χ4v) is 2.68. The first-order chi connectivity index (χ1) is 9.35. The quantitative estimate of drug-likeness (QED) is 0.213. The van der Waals surface area contributed by atoms with Crippen LogP contribution >= 0.6 is 0 Å². The Morgan fingerprint density at radius 2 is 1.42 bits per heavy atom. The average molecular weight is 289 g/mol. The van der Waals surface area contributed by atoms with Gasteiger partial charge in [-0.2, -0.15) is 0 Å². The summed E-state index contributed by atoms with van der Waals surface area (Å²) in [7, 11) is -1.96. The molecule has 0 unspecified atom stereocenters. The number of nitrogens with zero attached hydrogens (tertiary/aromatic N) is 1. The van der Waals surface area contributed by atoms with Gasteiger partial charge in [0.05, 0.1) is 6.54 Å². The highest BCUT2D eigenvalue weighted by Gasteiger charge is 2.14. The van der Waals surface area contributed by atoms with E-state index < -0.39 is 9.53 Å². The lowest BCUT2D eigenvalue weighted by Gasteiger charge is -2.16. The van der Waals surface area contributed by atoms with Crippen LogP contribution in [0.2, 0.25) is 0 Å². The smallest absolute Gasteiger partial charge is 0.376 e. The van der Waals surface area contributed by atoms with Gasteiger partial charge >= 0.3 is 9.53 Å². The Hall–Kier alpha value is -0.523. The molecule has 0 N–H and O–H groups in total. The van der Waals surface area contributed by atoms with E-state index in [1.807, 2.05) is 0 Å². The molecule has 0 bridgehead atoms. The lowest BCUT2D eigenvalue weighted by atomic mass is 10.3. The molecular formula is C13H27NO4Si. The van der Waals surface area contributed by atoms with Crippen LogP contribution in [0, 0.1) is 0 Å². The largest absolute Gasteiger partial charge is 0.484 e. The molecule has 0 fully saturated rings. The molecule has 6 heteroatoms. The zero-order valence-corrected chi connectivity index (χ0v) is 13.4. The summed E-state index contributed by atoms with van der Waals surface area (Å²) in [5.41, 5.74) is 0. The van der Waals surface area contributed by atoms with E-state index in [0.29, 0.717) is 13.2 Å². The van der Waals surface area contributed by atoms with E-state index >= 15 is 0 Å². The van der Waals surface area contributed by atoms with Gasteiger partial charge in [-0.1, -0.05) is 26.7 Å². The summed E-state index contributed by atoms with van der Waals surface area (Å²) in [6.07, 6.45) is 7.53. The molecular weight excluding hydrogens is 262 g/mol. The summed E-state index contributed by atoms with van der Waals surface area (Å²) in [6, 6.07) is 0. The topological polar surface area (TPSA) is 57.1 Å². The van der Waals surface area contributed by atoms with E-state index in [-0.39, 0.29) is 0 Å². The van der Waals surface area contributed by atoms with Crippen molar-refractivity contribution in [2.45, 2.75) is 52.4 Å². The summed E-state index contributed by atoms with van der Waals surface area (Å²) in [4.78, 5) is 13.4. The van der Waals surface area contributed by atoms with Crippen molar-refractivity contribution >= 4 is 15.6 Å². The van der Waals surface area contributed by atoms with E-state index in [1.165, 1.54) is 6.08 Å². The predicted octanol–water partition coefficient (Wildman–Crippen LogP) is 2.47. The normalized spacial score (nSPS) is 10.7. The molecule has 0 amide bonds. The van der Waals surface area contributed by atoms with E-state index in [4.69, 9.17) is 13.3 Å². The third kappa shape index (κ3) is 13.7. The van der Waals surface area contributed by atoms with E-state index in [9.17, 15) is 4.79 Å². The van der Waals surface area contributed by atoms with E-state index in [0.717, 1.165) is 51.7 Å². The molecule has 19 heavy (non-hydrogen) atoms. The van der Waals surface area contributed by atoms with Crippen molar-refractivity contribution in [1.82, 2.24) is 0 Å². The Kier molecular flexibility index (Phi) is 15.1. The number of carbonyl (C=O) groups excluding carboxylic acids is 1. The van der Waals surface area contributed by atoms with Crippen LogP contribution in [0.3, 0.4) is 0 Å². The minimum absolute atomic E-state index is 0.520. The first kappa shape index (κ1) is 18.5. The predicted molar refractivity (Wildman–Crippen MR) is 77.0 cm³/mol. The van der Waals surface area contributed by atoms with Gasteiger partial charge in [0.2, 0.25) is 6.08 Å². The van der Waals surface area contributed by atoms with Crippen molar-refractivity contribution in [2.75, 3.05) is 26.4 Å². The van der Waals surface area contributed by atoms with Gasteiger partial charge in [-0.15, -0.1) is 0 Å². The standard InChI is InChI=1S/C13H27NO4Si/c1-3-5-10-16-19(17-11-6-4-2)18-12-8-7-9-14-13-15/h19H,3-12H2,1-2H3. The molecule has 0 aromatic rings. The molecule has 0 saturated carbocycles. The zero-order chi connectivity index (χ0) is 14.2. The Morgan fingerprint density at radius 1 is 0.895 bits per heavy atom. The summed E-state index contributed by atoms with van der Waals surface area (Å²) < 4.78 is 17.0. The maximum Gasteiger partial charge on any atom is 0.484 e. The monoisotopic (exact) mass is 289 g/mol. The van der Waals surface area contributed by atoms with Crippen LogP contribution in [0.1, 0.15) is 52.4 Å². The molecule has 0 aliphatic heterocycles. The molecule has 0 radical (unpaired) electrons. The van der Waals surface area contributed by atoms with Gasteiger partial charge < -0.3 is 13.3 Å². The molecule has 0 rings (SSSR count). The molecule has 0 aromatic heterocycles. The summed E-state index contributed by atoms with van der Waals surface area (Å²) in [5.74, 6) is 0. The average Bonchev–Trinajstić information content (AvgIpc) is 2.42. The Labute approximate surface area is 118 Å². The summed E-state index contributed by atoms with van der Waals surface area (Å²) in [6.45, 7) is 6.83. The summed E-state index contributed by atoms with van der Waals surface area (Å²) >= 11 is 0. The van der Waals surface area contributed by atoms with Crippen LogP contribution < -0.4 is 0 Å². The number of rotatable bonds is 14. The fraction of sp³-hybridized carbons (Fsp3) is 0.923. The molecule has 5 nitrogen and oxygen atoms in total. The van der Waals surface area contributed by atoms with Gasteiger partial charge in [0.25, 0.3) is 0 Å². The minimum atomic E-state index is -1.96. The second kappa shape index (κ2) is 15.5. The molecule has 0 heterocycles. The molecule has 112 valence electrons. The molecule has 0 saturated heterocycles. The minimum Gasteiger partial charge on any atom is -0.376 e. The molecule has 0 aliphatic rings. The first-order valence-electron chi connectivity index (χ1n) is 7.23.